The molecule has 1 heterocycles. The van der Waals surface area contributed by atoms with E-state index in [2.05, 4.69) is 110 Å². The summed E-state index contributed by atoms with van der Waals surface area (Å²) in [6.45, 7) is 15.6. The van der Waals surface area contributed by atoms with Gasteiger partial charge in [-0.25, -0.2) is 0 Å². The topological polar surface area (TPSA) is 15.3 Å². The number of benzene rings is 2. The molecule has 2 fully saturated rings. The first-order valence-corrected chi connectivity index (χ1v) is 16.7. The van der Waals surface area contributed by atoms with E-state index in [9.17, 15) is 0 Å². The van der Waals surface area contributed by atoms with E-state index in [0.29, 0.717) is 5.92 Å². The van der Waals surface area contributed by atoms with E-state index in [0.717, 1.165) is 24.7 Å². The molecule has 1 N–H and O–H groups in total. The number of nitrogens with one attached hydrogen (secondary N) is 1. The van der Waals surface area contributed by atoms with Gasteiger partial charge in [-0.3, -0.25) is 0 Å². The van der Waals surface area contributed by atoms with Gasteiger partial charge in [-0.05, 0) is 80.3 Å². The minimum atomic E-state index is 0.586. The zero-order chi connectivity index (χ0) is 29.1. The molecule has 0 aromatic heterocycles. The number of hydrogen-bond donors (Lipinski definition) is 1. The van der Waals surface area contributed by atoms with E-state index < -0.39 is 0 Å². The first-order chi connectivity index (χ1) is 20.1. The molecule has 5 rings (SSSR count). The predicted octanol–water partition coefficient (Wildman–Crippen LogP) is 10.5. The van der Waals surface area contributed by atoms with Crippen molar-refractivity contribution in [3.05, 3.63) is 102 Å². The predicted molar refractivity (Wildman–Crippen MR) is 181 cm³/mol. The van der Waals surface area contributed by atoms with Crippen molar-refractivity contribution in [3.8, 4) is 0 Å². The SMILES string of the molecule is C=C(NCCN1CCCCCC1)c1ccccc1C.CC1CCCCC1.CCC(C1=CCCC=C1)c1ccccc1. The van der Waals surface area contributed by atoms with Crippen LogP contribution in [-0.2, 0) is 0 Å². The minimum absolute atomic E-state index is 0.586. The average Bonchev–Trinajstić information content (AvgIpc) is 3.29. The van der Waals surface area contributed by atoms with Crippen molar-refractivity contribution in [2.45, 2.75) is 104 Å². The Bertz CT molecular complexity index is 1040. The van der Waals surface area contributed by atoms with Gasteiger partial charge in [0.15, 0.2) is 0 Å². The Labute approximate surface area is 253 Å². The van der Waals surface area contributed by atoms with Crippen LogP contribution in [-0.4, -0.2) is 31.1 Å². The van der Waals surface area contributed by atoms with E-state index in [1.807, 2.05) is 0 Å². The van der Waals surface area contributed by atoms with E-state index >= 15 is 0 Å². The Morgan fingerprint density at radius 3 is 2.12 bits per heavy atom. The van der Waals surface area contributed by atoms with Gasteiger partial charge in [0, 0.05) is 24.7 Å². The molecular weight excluding hydrogens is 496 g/mol. The van der Waals surface area contributed by atoms with Gasteiger partial charge in [0.05, 0.1) is 0 Å². The maximum Gasteiger partial charge on any atom is 0.0343 e. The first-order valence-electron chi connectivity index (χ1n) is 16.7. The highest BCUT2D eigenvalue weighted by Crippen LogP contribution is 2.30. The molecule has 3 aliphatic rings. The molecule has 1 saturated heterocycles. The largest absolute Gasteiger partial charge is 0.384 e. The van der Waals surface area contributed by atoms with Crippen molar-refractivity contribution in [3.63, 3.8) is 0 Å². The van der Waals surface area contributed by atoms with Gasteiger partial charge in [-0.2, -0.15) is 0 Å². The Kier molecular flexibility index (Phi) is 15.7. The smallest absolute Gasteiger partial charge is 0.0343 e. The lowest BCUT2D eigenvalue weighted by Crippen LogP contribution is -2.32. The number of nitrogens with zero attached hydrogens (tertiary/aromatic N) is 1. The van der Waals surface area contributed by atoms with Crippen LogP contribution in [0.25, 0.3) is 5.70 Å². The second-order valence-electron chi connectivity index (χ2n) is 12.3. The van der Waals surface area contributed by atoms with Crippen LogP contribution in [0.1, 0.15) is 114 Å². The molecule has 1 saturated carbocycles. The molecule has 0 amide bonds. The molecule has 2 aliphatic carbocycles. The Hall–Kier alpha value is -2.58. The number of allylic oxidation sites excluding steroid dienone is 4. The molecule has 2 heteroatoms. The number of rotatable bonds is 8. The summed E-state index contributed by atoms with van der Waals surface area (Å²) in [6, 6.07) is 19.2. The van der Waals surface area contributed by atoms with Crippen LogP contribution in [0.5, 0.6) is 0 Å². The molecule has 224 valence electrons. The van der Waals surface area contributed by atoms with Crippen LogP contribution in [0.4, 0.5) is 0 Å². The van der Waals surface area contributed by atoms with E-state index in [4.69, 9.17) is 0 Å². The highest BCUT2D eigenvalue weighted by molar-refractivity contribution is 5.64. The second kappa shape index (κ2) is 19.5. The summed E-state index contributed by atoms with van der Waals surface area (Å²) in [7, 11) is 0. The Morgan fingerprint density at radius 2 is 1.54 bits per heavy atom. The lowest BCUT2D eigenvalue weighted by atomic mass is 9.86. The number of hydrogen-bond acceptors (Lipinski definition) is 2. The zero-order valence-electron chi connectivity index (χ0n) is 26.6. The third-order valence-corrected chi connectivity index (χ3v) is 8.87. The Balaban J connectivity index is 0.000000186. The summed E-state index contributed by atoms with van der Waals surface area (Å²) in [5.74, 6) is 1.62. The lowest BCUT2D eigenvalue weighted by molar-refractivity contribution is 0.289. The fourth-order valence-corrected chi connectivity index (χ4v) is 6.28. The van der Waals surface area contributed by atoms with E-state index in [-0.39, 0.29) is 0 Å². The van der Waals surface area contributed by atoms with Gasteiger partial charge in [-0.1, -0.05) is 138 Å². The monoisotopic (exact) mass is 554 g/mol. The van der Waals surface area contributed by atoms with Gasteiger partial charge in [0.25, 0.3) is 0 Å². The fraction of sp³-hybridized carbons (Fsp3) is 0.538. The van der Waals surface area contributed by atoms with Crippen molar-refractivity contribution in [1.82, 2.24) is 10.2 Å². The minimum Gasteiger partial charge on any atom is -0.384 e. The van der Waals surface area contributed by atoms with Crippen LogP contribution in [0, 0.1) is 12.8 Å². The fourth-order valence-electron chi connectivity index (χ4n) is 6.28. The molecule has 2 aromatic carbocycles. The average molecular weight is 555 g/mol. The number of likely N-dealkylation sites (tertiary alicyclic amines) is 1. The Morgan fingerprint density at radius 1 is 0.878 bits per heavy atom. The summed E-state index contributed by atoms with van der Waals surface area (Å²) >= 11 is 0. The standard InChI is InChI=1S/C17H26N2.C15H18.C7H14/c1-15-9-5-6-10-17(15)16(2)18-11-14-19-12-7-3-4-8-13-19;1-2-15(13-9-5-3-6-10-13)14-11-7-4-8-12-14;1-7-5-3-2-4-6-7/h5-6,9-10,18H,2-4,7-8,11-14H2,1H3;3,5-7,9-12,15H,2,4,8H2,1H3;7H,2-6H2,1H3. The molecule has 1 atom stereocenters. The van der Waals surface area contributed by atoms with Crippen molar-refractivity contribution in [2.75, 3.05) is 26.2 Å². The van der Waals surface area contributed by atoms with Crippen molar-refractivity contribution in [1.29, 1.82) is 0 Å². The normalized spacial score (nSPS) is 18.5. The van der Waals surface area contributed by atoms with Crippen LogP contribution in [0.2, 0.25) is 0 Å². The zero-order valence-corrected chi connectivity index (χ0v) is 26.6. The highest BCUT2D eigenvalue weighted by atomic mass is 15.1. The molecule has 0 bridgehead atoms. The summed E-state index contributed by atoms with van der Waals surface area (Å²) in [5, 5.41) is 3.47. The van der Waals surface area contributed by atoms with Crippen molar-refractivity contribution in [2.24, 2.45) is 5.92 Å². The number of aryl methyl sites for hydroxylation is 1. The van der Waals surface area contributed by atoms with Gasteiger partial charge >= 0.3 is 0 Å². The van der Waals surface area contributed by atoms with Crippen LogP contribution >= 0.6 is 0 Å². The summed E-state index contributed by atoms with van der Waals surface area (Å²) in [4.78, 5) is 2.57. The molecule has 1 unspecified atom stereocenters. The molecule has 0 spiro atoms. The van der Waals surface area contributed by atoms with Gasteiger partial charge < -0.3 is 10.2 Å². The summed E-state index contributed by atoms with van der Waals surface area (Å²) in [5.41, 5.74) is 6.51. The first kappa shape index (κ1) is 32.9. The van der Waals surface area contributed by atoms with Crippen molar-refractivity contribution < 1.29 is 0 Å². The third-order valence-electron chi connectivity index (χ3n) is 8.87. The molecule has 0 radical (unpaired) electrons. The third kappa shape index (κ3) is 12.4. The van der Waals surface area contributed by atoms with Gasteiger partial charge in [0.1, 0.15) is 0 Å². The van der Waals surface area contributed by atoms with E-state index in [1.54, 1.807) is 0 Å². The quantitative estimate of drug-likeness (QED) is 0.349. The van der Waals surface area contributed by atoms with Crippen LogP contribution < -0.4 is 5.32 Å². The van der Waals surface area contributed by atoms with Crippen LogP contribution in [0.3, 0.4) is 0 Å². The van der Waals surface area contributed by atoms with Crippen molar-refractivity contribution >= 4 is 5.70 Å². The second-order valence-corrected chi connectivity index (χ2v) is 12.3. The lowest BCUT2D eigenvalue weighted by Gasteiger charge is -2.21. The maximum atomic E-state index is 4.16. The molecule has 2 aromatic rings. The molecule has 41 heavy (non-hydrogen) atoms. The van der Waals surface area contributed by atoms with Crippen LogP contribution in [0.15, 0.2) is 85.0 Å². The summed E-state index contributed by atoms with van der Waals surface area (Å²) < 4.78 is 0. The highest BCUT2D eigenvalue weighted by Gasteiger charge is 2.13. The molecule has 2 nitrogen and oxygen atoms in total. The molecular formula is C39H58N2. The maximum absolute atomic E-state index is 4.16. The molecule has 1 aliphatic heterocycles. The summed E-state index contributed by atoms with van der Waals surface area (Å²) in [6.07, 6.45) is 23.5. The van der Waals surface area contributed by atoms with Gasteiger partial charge in [0.2, 0.25) is 0 Å². The van der Waals surface area contributed by atoms with E-state index in [1.165, 1.54) is 112 Å². The van der Waals surface area contributed by atoms with Gasteiger partial charge in [-0.15, -0.1) is 0 Å².